The topological polar surface area (TPSA) is 85.5 Å². The molecule has 2 aliphatic rings. The monoisotopic (exact) mass is 331 g/mol. The molecule has 0 saturated carbocycles. The number of urea groups is 2. The number of imide groups is 1. The van der Waals surface area contributed by atoms with E-state index < -0.39 is 6.29 Å². The fourth-order valence-corrected chi connectivity index (χ4v) is 3.28. The second-order valence-corrected chi connectivity index (χ2v) is 6.49. The van der Waals surface area contributed by atoms with Gasteiger partial charge in [0.2, 0.25) is 0 Å². The summed E-state index contributed by atoms with van der Waals surface area (Å²) in [5.41, 5.74) is 2.29. The van der Waals surface area contributed by atoms with Crippen LogP contribution in [0.15, 0.2) is 24.3 Å². The maximum absolute atomic E-state index is 12.4. The van der Waals surface area contributed by atoms with Crippen LogP contribution < -0.4 is 21.3 Å². The van der Waals surface area contributed by atoms with Crippen molar-refractivity contribution in [1.29, 1.82) is 0 Å². The summed E-state index contributed by atoms with van der Waals surface area (Å²) in [5.74, 6) is 0. The predicted octanol–water partition coefficient (Wildman–Crippen LogP) is 1.42. The normalized spacial score (nSPS) is 21.3. The van der Waals surface area contributed by atoms with Crippen molar-refractivity contribution < 1.29 is 9.59 Å². The molecule has 4 N–H and O–H groups in total. The average Bonchev–Trinajstić information content (AvgIpc) is 2.55. The van der Waals surface area contributed by atoms with Crippen molar-refractivity contribution in [3.63, 3.8) is 0 Å². The van der Waals surface area contributed by atoms with Crippen molar-refractivity contribution in [2.45, 2.75) is 45.1 Å². The zero-order chi connectivity index (χ0) is 17.1. The van der Waals surface area contributed by atoms with Crippen LogP contribution in [0.5, 0.6) is 0 Å². The summed E-state index contributed by atoms with van der Waals surface area (Å²) in [6, 6.07) is 7.45. The molecule has 0 bridgehead atoms. The Bertz CT molecular complexity index is 597. The molecule has 1 aromatic carbocycles. The van der Waals surface area contributed by atoms with Crippen molar-refractivity contribution in [3.8, 4) is 0 Å². The SMILES string of the molecule is Cc1cccc(C(C)NC2NC(=O)N(C3CCNCC3)C(=O)N2)c1. The van der Waals surface area contributed by atoms with E-state index in [2.05, 4.69) is 27.3 Å². The van der Waals surface area contributed by atoms with Gasteiger partial charge in [-0.1, -0.05) is 29.8 Å². The van der Waals surface area contributed by atoms with Crippen LogP contribution >= 0.6 is 0 Å². The first kappa shape index (κ1) is 16.7. The number of nitrogens with zero attached hydrogens (tertiary/aromatic N) is 1. The van der Waals surface area contributed by atoms with Crippen molar-refractivity contribution in [3.05, 3.63) is 35.4 Å². The maximum atomic E-state index is 12.4. The fourth-order valence-electron chi connectivity index (χ4n) is 3.28. The minimum atomic E-state index is -0.571. The first-order valence-corrected chi connectivity index (χ1v) is 8.48. The number of amides is 4. The van der Waals surface area contributed by atoms with Gasteiger partial charge in [0.15, 0.2) is 6.29 Å². The second-order valence-electron chi connectivity index (χ2n) is 6.49. The first-order valence-electron chi connectivity index (χ1n) is 8.48. The molecule has 0 aromatic heterocycles. The highest BCUT2D eigenvalue weighted by Crippen LogP contribution is 2.17. The van der Waals surface area contributed by atoms with Gasteiger partial charge in [0.05, 0.1) is 0 Å². The van der Waals surface area contributed by atoms with E-state index in [0.717, 1.165) is 31.5 Å². The molecule has 1 atom stereocenters. The third kappa shape index (κ3) is 3.68. The maximum Gasteiger partial charge on any atom is 0.328 e. The number of hydrogen-bond donors (Lipinski definition) is 4. The zero-order valence-electron chi connectivity index (χ0n) is 14.1. The Morgan fingerprint density at radius 1 is 1.17 bits per heavy atom. The molecular weight excluding hydrogens is 306 g/mol. The summed E-state index contributed by atoms with van der Waals surface area (Å²) in [7, 11) is 0. The van der Waals surface area contributed by atoms with E-state index in [1.54, 1.807) is 0 Å². The van der Waals surface area contributed by atoms with Crippen molar-refractivity contribution in [2.75, 3.05) is 13.1 Å². The van der Waals surface area contributed by atoms with Gasteiger partial charge in [0, 0.05) is 12.1 Å². The molecule has 2 fully saturated rings. The number of nitrogens with one attached hydrogen (secondary N) is 4. The lowest BCUT2D eigenvalue weighted by Gasteiger charge is -2.39. The number of rotatable bonds is 4. The molecule has 0 spiro atoms. The molecule has 2 heterocycles. The molecule has 7 nitrogen and oxygen atoms in total. The molecule has 2 saturated heterocycles. The summed E-state index contributed by atoms with van der Waals surface area (Å²) in [6.45, 7) is 5.70. The van der Waals surface area contributed by atoms with Crippen LogP contribution in [0.3, 0.4) is 0 Å². The summed E-state index contributed by atoms with van der Waals surface area (Å²) >= 11 is 0. The molecule has 130 valence electrons. The summed E-state index contributed by atoms with van der Waals surface area (Å²) < 4.78 is 0. The van der Waals surface area contributed by atoms with Crippen LogP contribution in [-0.2, 0) is 0 Å². The van der Waals surface area contributed by atoms with Gasteiger partial charge in [0.25, 0.3) is 0 Å². The minimum absolute atomic E-state index is 0.000862. The number of benzene rings is 1. The standard InChI is InChI=1S/C17H25N5O2/c1-11-4-3-5-13(10-11)12(2)19-15-20-16(23)22(17(24)21-15)14-6-8-18-9-7-14/h3-5,10,12,14-15,18-19H,6-9H2,1-2H3,(H,20,23)(H,21,24). The van der Waals surface area contributed by atoms with Gasteiger partial charge in [-0.3, -0.25) is 5.32 Å². The average molecular weight is 331 g/mol. The van der Waals surface area contributed by atoms with Crippen LogP contribution in [-0.4, -0.2) is 42.4 Å². The Labute approximate surface area is 142 Å². The quantitative estimate of drug-likeness (QED) is 0.672. The Morgan fingerprint density at radius 3 is 2.46 bits per heavy atom. The molecular formula is C17H25N5O2. The minimum Gasteiger partial charge on any atom is -0.317 e. The Kier molecular flexibility index (Phi) is 5.01. The lowest BCUT2D eigenvalue weighted by Crippen LogP contribution is -2.70. The van der Waals surface area contributed by atoms with Gasteiger partial charge in [-0.2, -0.15) is 0 Å². The van der Waals surface area contributed by atoms with Crippen LogP contribution in [0, 0.1) is 6.92 Å². The summed E-state index contributed by atoms with van der Waals surface area (Å²) in [6.07, 6.45) is 1.01. The van der Waals surface area contributed by atoms with E-state index in [4.69, 9.17) is 0 Å². The van der Waals surface area contributed by atoms with E-state index >= 15 is 0 Å². The zero-order valence-corrected chi connectivity index (χ0v) is 14.1. The number of carbonyl (C=O) groups is 2. The molecule has 4 amide bonds. The van der Waals surface area contributed by atoms with E-state index in [1.165, 1.54) is 10.5 Å². The highest BCUT2D eigenvalue weighted by Gasteiger charge is 2.37. The molecule has 0 radical (unpaired) electrons. The number of carbonyl (C=O) groups excluding carboxylic acids is 2. The fraction of sp³-hybridized carbons (Fsp3) is 0.529. The molecule has 24 heavy (non-hydrogen) atoms. The van der Waals surface area contributed by atoms with Gasteiger partial charge < -0.3 is 16.0 Å². The van der Waals surface area contributed by atoms with E-state index in [-0.39, 0.29) is 24.1 Å². The number of aryl methyl sites for hydroxylation is 1. The van der Waals surface area contributed by atoms with Crippen LogP contribution in [0.25, 0.3) is 0 Å². The second kappa shape index (κ2) is 7.19. The van der Waals surface area contributed by atoms with Crippen molar-refractivity contribution >= 4 is 12.1 Å². The van der Waals surface area contributed by atoms with E-state index in [0.29, 0.717) is 0 Å². The van der Waals surface area contributed by atoms with Gasteiger partial charge in [-0.05, 0) is 45.3 Å². The smallest absolute Gasteiger partial charge is 0.317 e. The lowest BCUT2D eigenvalue weighted by atomic mass is 10.1. The lowest BCUT2D eigenvalue weighted by molar-refractivity contribution is 0.132. The molecule has 1 unspecified atom stereocenters. The third-order valence-electron chi connectivity index (χ3n) is 4.61. The highest BCUT2D eigenvalue weighted by molar-refractivity contribution is 5.96. The Balaban J connectivity index is 1.61. The molecule has 1 aromatic rings. The van der Waals surface area contributed by atoms with Crippen molar-refractivity contribution in [1.82, 2.24) is 26.2 Å². The van der Waals surface area contributed by atoms with Gasteiger partial charge in [-0.25, -0.2) is 14.5 Å². The van der Waals surface area contributed by atoms with E-state index in [1.807, 2.05) is 32.0 Å². The van der Waals surface area contributed by atoms with Crippen LogP contribution in [0.2, 0.25) is 0 Å². The van der Waals surface area contributed by atoms with Crippen LogP contribution in [0.4, 0.5) is 9.59 Å². The summed E-state index contributed by atoms with van der Waals surface area (Å²) in [5, 5.41) is 12.1. The third-order valence-corrected chi connectivity index (χ3v) is 4.61. The molecule has 7 heteroatoms. The first-order chi connectivity index (χ1) is 11.5. The Hall–Kier alpha value is -2.12. The molecule has 3 rings (SSSR count). The molecule has 2 aliphatic heterocycles. The highest BCUT2D eigenvalue weighted by atomic mass is 16.2. The largest absolute Gasteiger partial charge is 0.328 e. The van der Waals surface area contributed by atoms with Gasteiger partial charge >= 0.3 is 12.1 Å². The predicted molar refractivity (Wildman–Crippen MR) is 91.3 cm³/mol. The van der Waals surface area contributed by atoms with Gasteiger partial charge in [0.1, 0.15) is 0 Å². The molecule has 0 aliphatic carbocycles. The number of piperidine rings is 1. The summed E-state index contributed by atoms with van der Waals surface area (Å²) in [4.78, 5) is 26.1. The Morgan fingerprint density at radius 2 is 1.83 bits per heavy atom. The van der Waals surface area contributed by atoms with E-state index in [9.17, 15) is 9.59 Å². The van der Waals surface area contributed by atoms with Crippen LogP contribution in [0.1, 0.15) is 36.9 Å². The van der Waals surface area contributed by atoms with Gasteiger partial charge in [-0.15, -0.1) is 0 Å². The van der Waals surface area contributed by atoms with Crippen molar-refractivity contribution in [2.24, 2.45) is 0 Å². The number of hydrogen-bond acceptors (Lipinski definition) is 4.